The minimum Gasteiger partial charge on any atom is -0.495 e. The maximum Gasteiger partial charge on any atom is 0.331 e. The minimum atomic E-state index is -3.72. The van der Waals surface area contributed by atoms with E-state index in [0.29, 0.717) is 18.7 Å². The minimum absolute atomic E-state index is 0.0391. The lowest BCUT2D eigenvalue weighted by atomic mass is 10.2. The van der Waals surface area contributed by atoms with Gasteiger partial charge in [-0.2, -0.15) is 0 Å². The highest BCUT2D eigenvalue weighted by atomic mass is 32.2. The van der Waals surface area contributed by atoms with Gasteiger partial charge in [-0.1, -0.05) is 18.9 Å². The molecule has 0 radical (unpaired) electrons. The zero-order valence-corrected chi connectivity index (χ0v) is 17.8. The fourth-order valence-electron chi connectivity index (χ4n) is 3.09. The molecule has 0 spiro atoms. The Morgan fingerprint density at radius 3 is 2.41 bits per heavy atom. The maximum absolute atomic E-state index is 12.5. The summed E-state index contributed by atoms with van der Waals surface area (Å²) in [6.07, 6.45) is 5.86. The number of sulfonamides is 1. The van der Waals surface area contributed by atoms with Crippen LogP contribution in [0.15, 0.2) is 29.2 Å². The predicted octanol–water partition coefficient (Wildman–Crippen LogP) is 1.95. The number of benzene rings is 1. The molecule has 9 heteroatoms. The number of ether oxygens (including phenoxy) is 2. The topological polar surface area (TPSA) is 102 Å². The van der Waals surface area contributed by atoms with Crippen molar-refractivity contribution in [3.05, 3.63) is 29.8 Å². The number of carbonyl (C=O) groups is 2. The summed E-state index contributed by atoms with van der Waals surface area (Å²) < 4.78 is 36.8. The van der Waals surface area contributed by atoms with Gasteiger partial charge in [0.25, 0.3) is 5.91 Å². The first kappa shape index (κ1) is 22.9. The van der Waals surface area contributed by atoms with Gasteiger partial charge in [0.15, 0.2) is 6.10 Å². The summed E-state index contributed by atoms with van der Waals surface area (Å²) >= 11 is 0. The van der Waals surface area contributed by atoms with Gasteiger partial charge in [-0.15, -0.1) is 0 Å². The van der Waals surface area contributed by atoms with E-state index < -0.39 is 22.1 Å². The lowest BCUT2D eigenvalue weighted by Gasteiger charge is -2.23. The van der Waals surface area contributed by atoms with Gasteiger partial charge in [0.05, 0.1) is 7.11 Å². The zero-order valence-electron chi connectivity index (χ0n) is 17.0. The van der Waals surface area contributed by atoms with E-state index in [2.05, 4.69) is 4.72 Å². The number of amides is 1. The van der Waals surface area contributed by atoms with Crippen LogP contribution in [0.3, 0.4) is 0 Å². The van der Waals surface area contributed by atoms with Crippen molar-refractivity contribution in [2.45, 2.75) is 43.6 Å². The highest BCUT2D eigenvalue weighted by molar-refractivity contribution is 7.89. The third-order valence-electron chi connectivity index (χ3n) is 4.72. The van der Waals surface area contributed by atoms with Crippen molar-refractivity contribution in [1.82, 2.24) is 9.62 Å². The van der Waals surface area contributed by atoms with Crippen LogP contribution in [0.25, 0.3) is 6.08 Å². The SMILES string of the molecule is CNS(=O)(=O)c1cc(/C=C/C(=O)O[C@@H](C)C(=O)N2CCCCCC2)ccc1OC. The number of esters is 1. The highest BCUT2D eigenvalue weighted by Gasteiger charge is 2.24. The molecule has 160 valence electrons. The Hall–Kier alpha value is -2.39. The molecule has 29 heavy (non-hydrogen) atoms. The smallest absolute Gasteiger partial charge is 0.331 e. The number of methoxy groups -OCH3 is 1. The molecule has 0 aromatic heterocycles. The molecule has 2 rings (SSSR count). The predicted molar refractivity (Wildman–Crippen MR) is 109 cm³/mol. The lowest BCUT2D eigenvalue weighted by molar-refractivity contribution is -0.155. The van der Waals surface area contributed by atoms with Crippen molar-refractivity contribution in [2.24, 2.45) is 0 Å². The average Bonchev–Trinajstić information content (AvgIpc) is 3.00. The van der Waals surface area contributed by atoms with E-state index in [1.54, 1.807) is 17.9 Å². The number of likely N-dealkylation sites (tertiary alicyclic amines) is 1. The van der Waals surface area contributed by atoms with Crippen LogP contribution in [0.1, 0.15) is 38.2 Å². The number of nitrogens with one attached hydrogen (secondary N) is 1. The number of nitrogens with zero attached hydrogens (tertiary/aromatic N) is 1. The lowest BCUT2D eigenvalue weighted by Crippen LogP contribution is -2.40. The fraction of sp³-hybridized carbons (Fsp3) is 0.500. The van der Waals surface area contributed by atoms with E-state index >= 15 is 0 Å². The molecule has 0 aliphatic carbocycles. The van der Waals surface area contributed by atoms with Crippen LogP contribution in [-0.2, 0) is 24.3 Å². The summed E-state index contributed by atoms with van der Waals surface area (Å²) in [6.45, 7) is 2.93. The van der Waals surface area contributed by atoms with Gasteiger partial charge in [-0.05, 0) is 50.6 Å². The molecule has 1 aromatic rings. The molecule has 1 atom stereocenters. The van der Waals surface area contributed by atoms with E-state index in [1.165, 1.54) is 38.4 Å². The second-order valence-corrected chi connectivity index (χ2v) is 8.62. The van der Waals surface area contributed by atoms with E-state index in [9.17, 15) is 18.0 Å². The number of hydrogen-bond acceptors (Lipinski definition) is 6. The van der Waals surface area contributed by atoms with Gasteiger partial charge in [0.1, 0.15) is 10.6 Å². The summed E-state index contributed by atoms with van der Waals surface area (Å²) in [5, 5.41) is 0. The summed E-state index contributed by atoms with van der Waals surface area (Å²) in [5.74, 6) is -0.675. The normalized spacial score (nSPS) is 16.3. The first-order valence-corrected chi connectivity index (χ1v) is 11.1. The molecule has 1 aliphatic rings. The molecule has 1 N–H and O–H groups in total. The van der Waals surface area contributed by atoms with Gasteiger partial charge < -0.3 is 14.4 Å². The second-order valence-electron chi connectivity index (χ2n) is 6.77. The summed E-state index contributed by atoms with van der Waals surface area (Å²) in [5.41, 5.74) is 0.475. The van der Waals surface area contributed by atoms with Crippen molar-refractivity contribution in [3.63, 3.8) is 0 Å². The Morgan fingerprint density at radius 2 is 1.83 bits per heavy atom. The zero-order chi connectivity index (χ0) is 21.4. The first-order valence-electron chi connectivity index (χ1n) is 9.57. The van der Waals surface area contributed by atoms with Gasteiger partial charge >= 0.3 is 5.97 Å². The van der Waals surface area contributed by atoms with Gasteiger partial charge in [0, 0.05) is 19.2 Å². The van der Waals surface area contributed by atoms with Crippen molar-refractivity contribution >= 4 is 28.0 Å². The van der Waals surface area contributed by atoms with Crippen LogP contribution >= 0.6 is 0 Å². The number of rotatable bonds is 7. The van der Waals surface area contributed by atoms with Crippen LogP contribution in [0.2, 0.25) is 0 Å². The first-order chi connectivity index (χ1) is 13.8. The van der Waals surface area contributed by atoms with E-state index in [0.717, 1.165) is 25.7 Å². The molecule has 1 amide bonds. The van der Waals surface area contributed by atoms with Crippen LogP contribution in [0, 0.1) is 0 Å². The summed E-state index contributed by atoms with van der Waals surface area (Å²) in [6, 6.07) is 4.50. The Morgan fingerprint density at radius 1 is 1.17 bits per heavy atom. The Labute approximate surface area is 171 Å². The van der Waals surface area contributed by atoms with E-state index in [1.807, 2.05) is 0 Å². The molecular formula is C20H28N2O6S. The summed E-state index contributed by atoms with van der Waals surface area (Å²) in [4.78, 5) is 26.3. The molecule has 0 unspecified atom stereocenters. The third-order valence-corrected chi connectivity index (χ3v) is 6.15. The van der Waals surface area contributed by atoms with Gasteiger partial charge in [-0.3, -0.25) is 4.79 Å². The second kappa shape index (κ2) is 10.4. The average molecular weight is 425 g/mol. The molecule has 8 nitrogen and oxygen atoms in total. The van der Waals surface area contributed by atoms with Crippen LogP contribution in [0.5, 0.6) is 5.75 Å². The Bertz CT molecular complexity index is 858. The Kier molecular flexibility index (Phi) is 8.21. The fourth-order valence-corrected chi connectivity index (χ4v) is 4.02. The van der Waals surface area contributed by atoms with E-state index in [-0.39, 0.29) is 16.6 Å². The summed E-state index contributed by atoms with van der Waals surface area (Å²) in [7, 11) is -1.05. The van der Waals surface area contributed by atoms with Crippen molar-refractivity contribution in [1.29, 1.82) is 0 Å². The van der Waals surface area contributed by atoms with Crippen molar-refractivity contribution < 1.29 is 27.5 Å². The Balaban J connectivity index is 2.04. The standard InChI is InChI=1S/C20H28N2O6S/c1-15(20(24)22-12-6-4-5-7-13-22)28-19(23)11-9-16-8-10-17(27-3)18(14-16)29(25,26)21-2/h8-11,14-15,21H,4-7,12-13H2,1-3H3/b11-9+/t15-/m0/s1. The maximum atomic E-state index is 12.5. The molecule has 1 saturated heterocycles. The van der Waals surface area contributed by atoms with Crippen molar-refractivity contribution in [2.75, 3.05) is 27.2 Å². The number of carbonyl (C=O) groups excluding carboxylic acids is 2. The molecule has 1 heterocycles. The molecule has 1 aliphatic heterocycles. The highest BCUT2D eigenvalue weighted by Crippen LogP contribution is 2.25. The van der Waals surface area contributed by atoms with Crippen LogP contribution < -0.4 is 9.46 Å². The van der Waals surface area contributed by atoms with Crippen molar-refractivity contribution in [3.8, 4) is 5.75 Å². The monoisotopic (exact) mass is 424 g/mol. The quantitative estimate of drug-likeness (QED) is 0.530. The largest absolute Gasteiger partial charge is 0.495 e. The molecule has 0 bridgehead atoms. The molecule has 1 aromatic carbocycles. The molecule has 1 fully saturated rings. The van der Waals surface area contributed by atoms with Crippen LogP contribution in [-0.4, -0.2) is 58.5 Å². The van der Waals surface area contributed by atoms with Crippen LogP contribution in [0.4, 0.5) is 0 Å². The third kappa shape index (κ3) is 6.30. The van der Waals surface area contributed by atoms with Gasteiger partial charge in [-0.25, -0.2) is 17.9 Å². The molecular weight excluding hydrogens is 396 g/mol. The molecule has 0 saturated carbocycles. The number of hydrogen-bond donors (Lipinski definition) is 1. The van der Waals surface area contributed by atoms with E-state index in [4.69, 9.17) is 9.47 Å². The van der Waals surface area contributed by atoms with Gasteiger partial charge in [0.2, 0.25) is 10.0 Å².